The second kappa shape index (κ2) is 9.80. The van der Waals surface area contributed by atoms with Gasteiger partial charge in [0.15, 0.2) is 11.5 Å². The van der Waals surface area contributed by atoms with Crippen LogP contribution in [0.15, 0.2) is 47.4 Å². The minimum Gasteiger partial charge on any atom is -0.490 e. The van der Waals surface area contributed by atoms with Crippen LogP contribution in [0.2, 0.25) is 0 Å². The number of anilines is 1. The normalized spacial score (nSPS) is 18.0. The number of amides is 2. The molecular weight excluding hydrogens is 446 g/mol. The van der Waals surface area contributed by atoms with Gasteiger partial charge in [-0.25, -0.2) is 13.1 Å². The van der Waals surface area contributed by atoms with Gasteiger partial charge >= 0.3 is 0 Å². The van der Waals surface area contributed by atoms with Crippen molar-refractivity contribution < 1.29 is 27.5 Å². The Morgan fingerprint density at radius 2 is 1.76 bits per heavy atom. The third kappa shape index (κ3) is 5.45. The Labute approximate surface area is 193 Å². The molecule has 4 rings (SSSR count). The number of hydrogen-bond acceptors (Lipinski definition) is 6. The van der Waals surface area contributed by atoms with E-state index < -0.39 is 10.0 Å². The summed E-state index contributed by atoms with van der Waals surface area (Å²) in [5, 5.41) is 2.58. The van der Waals surface area contributed by atoms with Gasteiger partial charge in [-0.05, 0) is 54.8 Å². The molecule has 1 atom stereocenters. The largest absolute Gasteiger partial charge is 0.490 e. The minimum absolute atomic E-state index is 0.0188. The van der Waals surface area contributed by atoms with Crippen LogP contribution in [-0.2, 0) is 19.6 Å². The van der Waals surface area contributed by atoms with Gasteiger partial charge in [0.1, 0.15) is 0 Å². The minimum atomic E-state index is -3.88. The van der Waals surface area contributed by atoms with Crippen LogP contribution in [-0.4, -0.2) is 51.4 Å². The molecule has 2 aromatic carbocycles. The van der Waals surface area contributed by atoms with E-state index in [1.54, 1.807) is 4.90 Å². The lowest BCUT2D eigenvalue weighted by atomic mass is 10.0. The molecule has 176 valence electrons. The summed E-state index contributed by atoms with van der Waals surface area (Å²) >= 11 is 0. The summed E-state index contributed by atoms with van der Waals surface area (Å²) < 4.78 is 39.1. The molecule has 0 radical (unpaired) electrons. The number of likely N-dealkylation sites (tertiary alicyclic amines) is 1. The highest BCUT2D eigenvalue weighted by atomic mass is 32.2. The van der Waals surface area contributed by atoms with E-state index in [1.165, 1.54) is 31.2 Å². The standard InChI is InChI=1S/C23H27N3O6S/c1-16(27)25-18-6-8-19(9-7-18)33(29,30)24-15-23(28)26-11-2-4-20(26)17-5-10-21-22(14-17)32-13-3-12-31-21/h5-10,14,20,24H,2-4,11-13,15H2,1H3,(H,25,27)/t20-/m0/s1. The Morgan fingerprint density at radius 3 is 2.48 bits per heavy atom. The van der Waals surface area contributed by atoms with Gasteiger partial charge in [0, 0.05) is 25.6 Å². The molecule has 33 heavy (non-hydrogen) atoms. The zero-order chi connectivity index (χ0) is 23.4. The molecule has 2 aliphatic rings. The molecule has 0 spiro atoms. The van der Waals surface area contributed by atoms with Crippen molar-refractivity contribution in [3.8, 4) is 11.5 Å². The molecule has 0 aromatic heterocycles. The van der Waals surface area contributed by atoms with Gasteiger partial charge in [-0.2, -0.15) is 0 Å². The summed E-state index contributed by atoms with van der Waals surface area (Å²) in [6, 6.07) is 11.3. The van der Waals surface area contributed by atoms with Crippen LogP contribution in [0.3, 0.4) is 0 Å². The van der Waals surface area contributed by atoms with E-state index in [0.29, 0.717) is 36.9 Å². The zero-order valence-corrected chi connectivity index (χ0v) is 19.2. The van der Waals surface area contributed by atoms with Crippen LogP contribution in [0.1, 0.15) is 37.8 Å². The molecule has 2 amide bonds. The predicted molar refractivity (Wildman–Crippen MR) is 122 cm³/mol. The van der Waals surface area contributed by atoms with Crippen molar-refractivity contribution in [3.05, 3.63) is 48.0 Å². The number of nitrogens with zero attached hydrogens (tertiary/aromatic N) is 1. The van der Waals surface area contributed by atoms with Gasteiger partial charge in [-0.1, -0.05) is 6.07 Å². The molecule has 1 saturated heterocycles. The van der Waals surface area contributed by atoms with Gasteiger partial charge in [0.05, 0.1) is 30.7 Å². The second-order valence-corrected chi connectivity index (χ2v) is 9.80. The summed E-state index contributed by atoms with van der Waals surface area (Å²) in [6.07, 6.45) is 2.44. The SMILES string of the molecule is CC(=O)Nc1ccc(S(=O)(=O)NCC(=O)N2CCC[C@H]2c2ccc3c(c2)OCCCO3)cc1. The van der Waals surface area contributed by atoms with Gasteiger partial charge in [-0.3, -0.25) is 9.59 Å². The summed E-state index contributed by atoms with van der Waals surface area (Å²) in [4.78, 5) is 25.8. The van der Waals surface area contributed by atoms with Crippen molar-refractivity contribution in [2.75, 3.05) is 31.6 Å². The van der Waals surface area contributed by atoms with Gasteiger partial charge < -0.3 is 19.7 Å². The van der Waals surface area contributed by atoms with Crippen molar-refractivity contribution in [2.24, 2.45) is 0 Å². The third-order valence-electron chi connectivity index (χ3n) is 5.63. The highest BCUT2D eigenvalue weighted by molar-refractivity contribution is 7.89. The number of hydrogen-bond donors (Lipinski definition) is 2. The van der Waals surface area contributed by atoms with Crippen LogP contribution in [0.4, 0.5) is 5.69 Å². The van der Waals surface area contributed by atoms with E-state index in [9.17, 15) is 18.0 Å². The van der Waals surface area contributed by atoms with Crippen LogP contribution >= 0.6 is 0 Å². The molecule has 0 aliphatic carbocycles. The number of rotatable bonds is 6. The molecule has 2 N–H and O–H groups in total. The summed E-state index contributed by atoms with van der Waals surface area (Å²) in [5.41, 5.74) is 1.44. The number of fused-ring (bicyclic) bond motifs is 1. The number of carbonyl (C=O) groups is 2. The highest BCUT2D eigenvalue weighted by Gasteiger charge is 2.31. The van der Waals surface area contributed by atoms with Crippen LogP contribution in [0.5, 0.6) is 11.5 Å². The lowest BCUT2D eigenvalue weighted by Gasteiger charge is -2.26. The third-order valence-corrected chi connectivity index (χ3v) is 7.05. The molecule has 0 bridgehead atoms. The molecule has 0 saturated carbocycles. The smallest absolute Gasteiger partial charge is 0.241 e. The average Bonchev–Trinajstić information content (AvgIpc) is 3.16. The van der Waals surface area contributed by atoms with Crippen molar-refractivity contribution in [1.82, 2.24) is 9.62 Å². The van der Waals surface area contributed by atoms with Crippen molar-refractivity contribution in [2.45, 2.75) is 37.1 Å². The maximum Gasteiger partial charge on any atom is 0.241 e. The molecule has 9 nitrogen and oxygen atoms in total. The molecule has 2 aliphatic heterocycles. The molecule has 2 heterocycles. The fourth-order valence-corrected chi connectivity index (χ4v) is 5.04. The first-order valence-corrected chi connectivity index (χ1v) is 12.4. The molecule has 2 aromatic rings. The Balaban J connectivity index is 1.41. The Hall–Kier alpha value is -3.11. The average molecular weight is 474 g/mol. The van der Waals surface area contributed by atoms with Crippen LogP contribution in [0.25, 0.3) is 0 Å². The van der Waals surface area contributed by atoms with Crippen molar-refractivity contribution in [1.29, 1.82) is 0 Å². The van der Waals surface area contributed by atoms with E-state index in [0.717, 1.165) is 24.8 Å². The summed E-state index contributed by atoms with van der Waals surface area (Å²) in [7, 11) is -3.88. The summed E-state index contributed by atoms with van der Waals surface area (Å²) in [6.45, 7) is 2.78. The molecule has 0 unspecified atom stereocenters. The first-order chi connectivity index (χ1) is 15.8. The second-order valence-electron chi connectivity index (χ2n) is 8.03. The van der Waals surface area contributed by atoms with E-state index in [-0.39, 0.29) is 29.3 Å². The van der Waals surface area contributed by atoms with Crippen molar-refractivity contribution >= 4 is 27.5 Å². The molecular formula is C23H27N3O6S. The number of nitrogens with one attached hydrogen (secondary N) is 2. The first-order valence-electron chi connectivity index (χ1n) is 10.9. The number of ether oxygens (including phenoxy) is 2. The van der Waals surface area contributed by atoms with Crippen LogP contribution in [0, 0.1) is 0 Å². The maximum atomic E-state index is 12.9. The van der Waals surface area contributed by atoms with E-state index >= 15 is 0 Å². The lowest BCUT2D eigenvalue weighted by molar-refractivity contribution is -0.130. The lowest BCUT2D eigenvalue weighted by Crippen LogP contribution is -2.39. The Morgan fingerprint density at radius 1 is 1.03 bits per heavy atom. The Kier molecular flexibility index (Phi) is 6.85. The van der Waals surface area contributed by atoms with Gasteiger partial charge in [0.25, 0.3) is 0 Å². The quantitative estimate of drug-likeness (QED) is 0.666. The van der Waals surface area contributed by atoms with E-state index in [4.69, 9.17) is 9.47 Å². The maximum absolute atomic E-state index is 12.9. The van der Waals surface area contributed by atoms with Crippen LogP contribution < -0.4 is 19.5 Å². The fourth-order valence-electron chi connectivity index (χ4n) is 4.06. The number of sulfonamides is 1. The Bertz CT molecular complexity index is 1130. The van der Waals surface area contributed by atoms with Gasteiger partial charge in [0.2, 0.25) is 21.8 Å². The molecule has 1 fully saturated rings. The summed E-state index contributed by atoms with van der Waals surface area (Å²) in [5.74, 6) is 0.836. The van der Waals surface area contributed by atoms with Gasteiger partial charge in [-0.15, -0.1) is 0 Å². The fraction of sp³-hybridized carbons (Fsp3) is 0.391. The monoisotopic (exact) mass is 473 g/mol. The van der Waals surface area contributed by atoms with E-state index in [1.807, 2.05) is 18.2 Å². The van der Waals surface area contributed by atoms with E-state index in [2.05, 4.69) is 10.0 Å². The molecule has 10 heteroatoms. The topological polar surface area (TPSA) is 114 Å². The zero-order valence-electron chi connectivity index (χ0n) is 18.4. The van der Waals surface area contributed by atoms with Crippen molar-refractivity contribution in [3.63, 3.8) is 0 Å². The number of benzene rings is 2. The first kappa shape index (κ1) is 23.1. The highest BCUT2D eigenvalue weighted by Crippen LogP contribution is 2.37. The number of carbonyl (C=O) groups excluding carboxylic acids is 2. The predicted octanol–water partition coefficient (Wildman–Crippen LogP) is 2.45.